The maximum Gasteiger partial charge on any atom is 0.272 e. The van der Waals surface area contributed by atoms with Crippen LogP contribution in [0.5, 0.6) is 5.75 Å². The molecule has 2 saturated heterocycles. The van der Waals surface area contributed by atoms with E-state index in [-0.39, 0.29) is 17.2 Å². The Labute approximate surface area is 245 Å². The normalized spacial score (nSPS) is 18.7. The molecular formula is C32H39BrN4O3. The highest BCUT2D eigenvalue weighted by molar-refractivity contribution is 9.10. The summed E-state index contributed by atoms with van der Waals surface area (Å²) in [5.74, 6) is 0.358. The maximum absolute atomic E-state index is 13.4. The van der Waals surface area contributed by atoms with E-state index < -0.39 is 0 Å². The van der Waals surface area contributed by atoms with E-state index in [2.05, 4.69) is 69.1 Å². The molecule has 2 fully saturated rings. The summed E-state index contributed by atoms with van der Waals surface area (Å²) in [4.78, 5) is 28.1. The van der Waals surface area contributed by atoms with E-state index in [1.54, 1.807) is 0 Å². The zero-order valence-electron chi connectivity index (χ0n) is 23.7. The van der Waals surface area contributed by atoms with Gasteiger partial charge in [-0.15, -0.1) is 0 Å². The summed E-state index contributed by atoms with van der Waals surface area (Å²) in [6.07, 6.45) is 4.76. The minimum atomic E-state index is -0.105. The summed E-state index contributed by atoms with van der Waals surface area (Å²) in [5, 5.41) is 15.8. The first kappa shape index (κ1) is 28.6. The Kier molecular flexibility index (Phi) is 8.76. The molecule has 3 aromatic rings. The average molecular weight is 608 g/mol. The Hall–Kier alpha value is -2.97. The number of rotatable bonds is 7. The number of aromatic hydroxyl groups is 1. The molecule has 0 bridgehead atoms. The van der Waals surface area contributed by atoms with Crippen molar-refractivity contribution in [2.75, 3.05) is 32.8 Å². The van der Waals surface area contributed by atoms with Crippen LogP contribution < -0.4 is 0 Å². The molecule has 0 aliphatic carbocycles. The van der Waals surface area contributed by atoms with Crippen molar-refractivity contribution >= 4 is 38.5 Å². The number of carbonyl (C=O) groups is 1. The van der Waals surface area contributed by atoms with Gasteiger partial charge < -0.3 is 14.8 Å². The van der Waals surface area contributed by atoms with Gasteiger partial charge in [0.2, 0.25) is 0 Å². The number of nitrogens with zero attached hydrogens (tertiary/aromatic N) is 4. The second-order valence-electron chi connectivity index (χ2n) is 11.2. The number of pyridine rings is 1. The van der Waals surface area contributed by atoms with Crippen LogP contribution in [0.1, 0.15) is 68.1 Å². The second kappa shape index (κ2) is 12.3. The largest absolute Gasteiger partial charge is 0.507 e. The van der Waals surface area contributed by atoms with Gasteiger partial charge in [-0.2, -0.15) is 0 Å². The average Bonchev–Trinajstić information content (AvgIpc) is 2.98. The fraction of sp³-hybridized carbons (Fsp3) is 0.469. The molecule has 40 heavy (non-hydrogen) atoms. The zero-order valence-corrected chi connectivity index (χ0v) is 25.3. The Bertz CT molecular complexity index is 1370. The Morgan fingerprint density at radius 1 is 1.07 bits per heavy atom. The predicted molar refractivity (Wildman–Crippen MR) is 163 cm³/mol. The number of halogens is 1. The van der Waals surface area contributed by atoms with Crippen molar-refractivity contribution in [1.82, 2.24) is 14.8 Å². The number of piperidine rings is 2. The number of amides is 1. The Morgan fingerprint density at radius 2 is 1.77 bits per heavy atom. The summed E-state index contributed by atoms with van der Waals surface area (Å²) >= 11 is 3.53. The summed E-state index contributed by atoms with van der Waals surface area (Å²) in [5.41, 5.74) is 4.32. The van der Waals surface area contributed by atoms with Crippen LogP contribution in [-0.4, -0.2) is 69.8 Å². The van der Waals surface area contributed by atoms with Crippen LogP contribution in [0, 0.1) is 5.92 Å². The van der Waals surface area contributed by atoms with Crippen molar-refractivity contribution < 1.29 is 14.7 Å². The molecule has 2 aromatic carbocycles. The minimum Gasteiger partial charge on any atom is -0.507 e. The lowest BCUT2D eigenvalue weighted by Crippen LogP contribution is -2.56. The fourth-order valence-electron chi connectivity index (χ4n) is 6.07. The molecule has 0 unspecified atom stereocenters. The third kappa shape index (κ3) is 6.03. The lowest BCUT2D eigenvalue weighted by atomic mass is 9.82. The van der Waals surface area contributed by atoms with E-state index in [1.165, 1.54) is 6.07 Å². The molecule has 2 aliphatic rings. The first-order valence-corrected chi connectivity index (χ1v) is 15.2. The van der Waals surface area contributed by atoms with Crippen molar-refractivity contribution in [3.8, 4) is 5.75 Å². The van der Waals surface area contributed by atoms with Crippen molar-refractivity contribution in [3.63, 3.8) is 0 Å². The zero-order chi connectivity index (χ0) is 28.3. The lowest BCUT2D eigenvalue weighted by Gasteiger charge is -2.49. The van der Waals surface area contributed by atoms with Crippen molar-refractivity contribution in [2.45, 2.75) is 58.4 Å². The first-order valence-electron chi connectivity index (χ1n) is 14.4. The Morgan fingerprint density at radius 3 is 2.42 bits per heavy atom. The van der Waals surface area contributed by atoms with Gasteiger partial charge in [-0.25, -0.2) is 4.98 Å². The van der Waals surface area contributed by atoms with Gasteiger partial charge in [0, 0.05) is 40.5 Å². The highest BCUT2D eigenvalue weighted by Crippen LogP contribution is 2.34. The van der Waals surface area contributed by atoms with Crippen molar-refractivity contribution in [2.24, 2.45) is 11.1 Å². The van der Waals surface area contributed by atoms with Gasteiger partial charge in [0.25, 0.3) is 5.91 Å². The van der Waals surface area contributed by atoms with Gasteiger partial charge in [-0.05, 0) is 94.4 Å². The molecule has 7 nitrogen and oxygen atoms in total. The van der Waals surface area contributed by atoms with E-state index in [0.717, 1.165) is 66.5 Å². The van der Waals surface area contributed by atoms with Crippen molar-refractivity contribution in [1.29, 1.82) is 0 Å². The summed E-state index contributed by atoms with van der Waals surface area (Å²) in [7, 11) is 0. The van der Waals surface area contributed by atoms with Gasteiger partial charge in [-0.1, -0.05) is 46.2 Å². The molecule has 5 rings (SSSR count). The van der Waals surface area contributed by atoms with Crippen LogP contribution in [0.2, 0.25) is 0 Å². The van der Waals surface area contributed by atoms with Crippen LogP contribution in [0.4, 0.5) is 0 Å². The molecule has 1 amide bonds. The minimum absolute atomic E-state index is 0.0472. The van der Waals surface area contributed by atoms with E-state index >= 15 is 0 Å². The fourth-order valence-corrected chi connectivity index (χ4v) is 6.33. The van der Waals surface area contributed by atoms with Gasteiger partial charge >= 0.3 is 0 Å². The number of carbonyl (C=O) groups excluding carboxylic acids is 1. The second-order valence-corrected chi connectivity index (χ2v) is 12.1. The van der Waals surface area contributed by atoms with E-state index in [0.29, 0.717) is 42.2 Å². The summed E-state index contributed by atoms with van der Waals surface area (Å²) in [6, 6.07) is 15.7. The number of hydrogen-bond donors (Lipinski definition) is 1. The number of hydrogen-bond acceptors (Lipinski definition) is 6. The van der Waals surface area contributed by atoms with Crippen molar-refractivity contribution in [3.05, 3.63) is 69.8 Å². The van der Waals surface area contributed by atoms with Crippen LogP contribution >= 0.6 is 15.9 Å². The molecule has 0 spiro atoms. The van der Waals surface area contributed by atoms with E-state index in [9.17, 15) is 9.90 Å². The lowest BCUT2D eigenvalue weighted by molar-refractivity contribution is 0.0159. The molecule has 0 radical (unpaired) electrons. The molecule has 3 heterocycles. The quantitative estimate of drug-likeness (QED) is 0.248. The molecule has 0 saturated carbocycles. The van der Waals surface area contributed by atoms with Crippen LogP contribution in [0.3, 0.4) is 0 Å². The molecule has 1 N–H and O–H groups in total. The van der Waals surface area contributed by atoms with Gasteiger partial charge in [0.1, 0.15) is 18.1 Å². The van der Waals surface area contributed by atoms with Crippen LogP contribution in [0.15, 0.2) is 58.2 Å². The number of benzene rings is 2. The van der Waals surface area contributed by atoms with Crippen LogP contribution in [-0.2, 0) is 11.3 Å². The predicted octanol–water partition coefficient (Wildman–Crippen LogP) is 6.41. The summed E-state index contributed by atoms with van der Waals surface area (Å²) in [6.45, 7) is 10.3. The monoisotopic (exact) mass is 606 g/mol. The molecule has 0 atom stereocenters. The molecule has 212 valence electrons. The SMILES string of the molecule is CCO/N=C(\c1ccc(Br)cc1)C1CCN(C2(C)CCN(C(=O)c3cc(O)c4ccc(CC)cc4n3)CC2)CC1. The highest BCUT2D eigenvalue weighted by Gasteiger charge is 2.39. The number of fused-ring (bicyclic) bond motifs is 1. The first-order chi connectivity index (χ1) is 19.3. The maximum atomic E-state index is 13.4. The third-order valence-corrected chi connectivity index (χ3v) is 9.21. The summed E-state index contributed by atoms with van der Waals surface area (Å²) < 4.78 is 1.05. The molecular weight excluding hydrogens is 568 g/mol. The van der Waals surface area contributed by atoms with Gasteiger partial charge in [0.05, 0.1) is 11.2 Å². The number of oxime groups is 1. The third-order valence-electron chi connectivity index (χ3n) is 8.68. The smallest absolute Gasteiger partial charge is 0.272 e. The number of aryl methyl sites for hydroxylation is 1. The highest BCUT2D eigenvalue weighted by atomic mass is 79.9. The van der Waals surface area contributed by atoms with Gasteiger partial charge in [0.15, 0.2) is 0 Å². The van der Waals surface area contributed by atoms with Crippen LogP contribution in [0.25, 0.3) is 10.9 Å². The molecule has 1 aromatic heterocycles. The standard InChI is InChI=1S/C32H39BrN4O3/c1-4-22-6-11-26-27(20-22)34-28(21-29(26)38)31(39)36-18-14-32(3,15-19-36)37-16-12-24(13-17-37)30(35-40-5-2)23-7-9-25(33)10-8-23/h6-11,20-21,24H,4-5,12-19H2,1-3H3,(H,34,38)/b35-30+. The number of likely N-dealkylation sites (tertiary alicyclic amines) is 2. The Balaban J connectivity index is 1.22. The molecule has 8 heteroatoms. The topological polar surface area (TPSA) is 78.3 Å². The number of aromatic nitrogens is 1. The van der Waals surface area contributed by atoms with Gasteiger partial charge in [-0.3, -0.25) is 9.69 Å². The van der Waals surface area contributed by atoms with E-state index in [4.69, 9.17) is 4.84 Å². The van der Waals surface area contributed by atoms with E-state index in [1.807, 2.05) is 30.0 Å². The molecule has 2 aliphatic heterocycles.